The Morgan fingerprint density at radius 1 is 1.17 bits per heavy atom. The summed E-state index contributed by atoms with van der Waals surface area (Å²) >= 11 is 9.29. The van der Waals surface area contributed by atoms with Crippen molar-refractivity contribution in [2.75, 3.05) is 11.9 Å². The Balaban J connectivity index is 1.81. The van der Waals surface area contributed by atoms with Crippen molar-refractivity contribution in [2.45, 2.75) is 32.6 Å². The van der Waals surface area contributed by atoms with E-state index >= 15 is 0 Å². The molecule has 2 amide bonds. The molecule has 29 heavy (non-hydrogen) atoms. The third-order valence-corrected chi connectivity index (χ3v) is 4.54. The molecule has 0 fully saturated rings. The molecule has 0 aliphatic rings. The van der Waals surface area contributed by atoms with Gasteiger partial charge in [-0.3, -0.25) is 9.59 Å². The second-order valence-electron chi connectivity index (χ2n) is 6.24. The third kappa shape index (κ3) is 8.66. The van der Waals surface area contributed by atoms with E-state index in [9.17, 15) is 9.59 Å². The highest BCUT2D eigenvalue weighted by Crippen LogP contribution is 2.22. The SMILES string of the molecule is CCCCOc1ccc(Br)cc1C=NNC(=O)CCC(=O)Nc1cccc(Cl)c1. The van der Waals surface area contributed by atoms with Gasteiger partial charge in [-0.05, 0) is 42.8 Å². The van der Waals surface area contributed by atoms with Crippen LogP contribution >= 0.6 is 27.5 Å². The monoisotopic (exact) mass is 479 g/mol. The van der Waals surface area contributed by atoms with Crippen LogP contribution in [0.5, 0.6) is 5.75 Å². The summed E-state index contributed by atoms with van der Waals surface area (Å²) in [5, 5.41) is 7.19. The molecule has 2 aromatic rings. The molecule has 0 aliphatic heterocycles. The van der Waals surface area contributed by atoms with Crippen LogP contribution in [-0.4, -0.2) is 24.6 Å². The number of carbonyl (C=O) groups is 2. The molecule has 0 atom stereocenters. The summed E-state index contributed by atoms with van der Waals surface area (Å²) in [5.74, 6) is 0.0662. The molecule has 6 nitrogen and oxygen atoms in total. The third-order valence-electron chi connectivity index (χ3n) is 3.81. The van der Waals surface area contributed by atoms with E-state index in [0.29, 0.717) is 23.1 Å². The van der Waals surface area contributed by atoms with Gasteiger partial charge >= 0.3 is 0 Å². The summed E-state index contributed by atoms with van der Waals surface area (Å²) in [6.07, 6.45) is 3.58. The highest BCUT2D eigenvalue weighted by Gasteiger charge is 2.08. The van der Waals surface area contributed by atoms with Crippen LogP contribution in [0.2, 0.25) is 5.02 Å². The van der Waals surface area contributed by atoms with Crippen molar-refractivity contribution in [1.82, 2.24) is 5.43 Å². The number of hydrazone groups is 1. The molecule has 0 spiro atoms. The maximum atomic E-state index is 11.9. The Bertz CT molecular complexity index is 874. The molecular formula is C21H23BrClN3O3. The fourth-order valence-corrected chi connectivity index (χ4v) is 2.89. The van der Waals surface area contributed by atoms with E-state index in [0.717, 1.165) is 22.9 Å². The Kier molecular flexibility index (Phi) is 9.67. The van der Waals surface area contributed by atoms with E-state index in [4.69, 9.17) is 16.3 Å². The van der Waals surface area contributed by atoms with Crippen LogP contribution in [0, 0.1) is 0 Å². The fourth-order valence-electron chi connectivity index (χ4n) is 2.32. The zero-order valence-corrected chi connectivity index (χ0v) is 18.4. The Morgan fingerprint density at radius 2 is 1.97 bits per heavy atom. The average molecular weight is 481 g/mol. The number of hydrogen-bond donors (Lipinski definition) is 2. The lowest BCUT2D eigenvalue weighted by Gasteiger charge is -2.09. The summed E-state index contributed by atoms with van der Waals surface area (Å²) in [5.41, 5.74) is 3.77. The average Bonchev–Trinajstić information content (AvgIpc) is 2.68. The number of unbranched alkanes of at least 4 members (excludes halogenated alkanes) is 1. The van der Waals surface area contributed by atoms with Crippen LogP contribution in [0.3, 0.4) is 0 Å². The summed E-state index contributed by atoms with van der Waals surface area (Å²) in [6.45, 7) is 2.71. The van der Waals surface area contributed by atoms with E-state index in [2.05, 4.69) is 38.7 Å². The molecule has 0 saturated carbocycles. The van der Waals surface area contributed by atoms with Gasteiger partial charge in [-0.2, -0.15) is 5.10 Å². The van der Waals surface area contributed by atoms with Gasteiger partial charge in [0.05, 0.1) is 12.8 Å². The molecule has 2 N–H and O–H groups in total. The lowest BCUT2D eigenvalue weighted by Crippen LogP contribution is -2.20. The molecule has 2 aromatic carbocycles. The van der Waals surface area contributed by atoms with Crippen molar-refractivity contribution < 1.29 is 14.3 Å². The largest absolute Gasteiger partial charge is 0.493 e. The van der Waals surface area contributed by atoms with E-state index in [1.807, 2.05) is 18.2 Å². The minimum absolute atomic E-state index is 0.0160. The molecule has 154 valence electrons. The molecule has 0 bridgehead atoms. The molecule has 0 unspecified atom stereocenters. The summed E-state index contributed by atoms with van der Waals surface area (Å²) in [6, 6.07) is 12.4. The highest BCUT2D eigenvalue weighted by atomic mass is 79.9. The van der Waals surface area contributed by atoms with Gasteiger partial charge in [0, 0.05) is 33.6 Å². The van der Waals surface area contributed by atoms with Crippen LogP contribution in [0.25, 0.3) is 0 Å². The van der Waals surface area contributed by atoms with Gasteiger partial charge in [-0.1, -0.05) is 46.9 Å². The standard InChI is InChI=1S/C21H23BrClN3O3/c1-2-3-11-29-19-8-7-16(22)12-15(19)14-24-26-21(28)10-9-20(27)25-18-6-4-5-17(23)13-18/h4-8,12-14H,2-3,9-11H2,1H3,(H,25,27)(H,26,28). The molecular weight excluding hydrogens is 458 g/mol. The summed E-state index contributed by atoms with van der Waals surface area (Å²) in [4.78, 5) is 23.9. The topological polar surface area (TPSA) is 79.8 Å². The number of rotatable bonds is 10. The first-order valence-corrected chi connectivity index (χ1v) is 10.4. The number of nitrogens with one attached hydrogen (secondary N) is 2. The first kappa shape index (κ1) is 22.9. The van der Waals surface area contributed by atoms with Crippen molar-refractivity contribution in [3.05, 3.63) is 57.5 Å². The lowest BCUT2D eigenvalue weighted by molar-refractivity contribution is -0.124. The number of anilines is 1. The lowest BCUT2D eigenvalue weighted by atomic mass is 10.2. The maximum absolute atomic E-state index is 11.9. The van der Waals surface area contributed by atoms with Gasteiger partial charge < -0.3 is 10.1 Å². The smallest absolute Gasteiger partial charge is 0.240 e. The van der Waals surface area contributed by atoms with E-state index < -0.39 is 0 Å². The van der Waals surface area contributed by atoms with Gasteiger partial charge in [-0.15, -0.1) is 0 Å². The quantitative estimate of drug-likeness (QED) is 0.280. The van der Waals surface area contributed by atoms with Crippen molar-refractivity contribution in [1.29, 1.82) is 0 Å². The van der Waals surface area contributed by atoms with Crippen LogP contribution in [0.1, 0.15) is 38.2 Å². The van der Waals surface area contributed by atoms with Gasteiger partial charge in [0.15, 0.2) is 0 Å². The molecule has 0 aromatic heterocycles. The van der Waals surface area contributed by atoms with Crippen LogP contribution < -0.4 is 15.5 Å². The Hall–Kier alpha value is -2.38. The van der Waals surface area contributed by atoms with Gasteiger partial charge in [0.2, 0.25) is 11.8 Å². The normalized spacial score (nSPS) is 10.7. The Labute approximate surface area is 183 Å². The van der Waals surface area contributed by atoms with Crippen LogP contribution in [-0.2, 0) is 9.59 Å². The minimum Gasteiger partial charge on any atom is -0.493 e. The Morgan fingerprint density at radius 3 is 2.72 bits per heavy atom. The van der Waals surface area contributed by atoms with Crippen LogP contribution in [0.4, 0.5) is 5.69 Å². The zero-order valence-electron chi connectivity index (χ0n) is 16.1. The van der Waals surface area contributed by atoms with E-state index in [1.54, 1.807) is 24.3 Å². The van der Waals surface area contributed by atoms with Crippen molar-refractivity contribution >= 4 is 51.2 Å². The number of benzene rings is 2. The number of carbonyl (C=O) groups excluding carboxylic acids is 2. The number of hydrogen-bond acceptors (Lipinski definition) is 4. The van der Waals surface area contributed by atoms with Crippen LogP contribution in [0.15, 0.2) is 52.0 Å². The predicted octanol–water partition coefficient (Wildman–Crippen LogP) is 5.15. The number of halogens is 2. The van der Waals surface area contributed by atoms with Crippen molar-refractivity contribution in [3.63, 3.8) is 0 Å². The predicted molar refractivity (Wildman–Crippen MR) is 120 cm³/mol. The second-order valence-corrected chi connectivity index (χ2v) is 7.59. The summed E-state index contributed by atoms with van der Waals surface area (Å²) in [7, 11) is 0. The number of amides is 2. The molecule has 0 radical (unpaired) electrons. The van der Waals surface area contributed by atoms with E-state index in [1.165, 1.54) is 6.21 Å². The fraction of sp³-hybridized carbons (Fsp3) is 0.286. The maximum Gasteiger partial charge on any atom is 0.240 e. The van der Waals surface area contributed by atoms with E-state index in [-0.39, 0.29) is 24.7 Å². The number of nitrogens with zero attached hydrogens (tertiary/aromatic N) is 1. The van der Waals surface area contributed by atoms with Gasteiger partial charge in [-0.25, -0.2) is 5.43 Å². The van der Waals surface area contributed by atoms with Crippen molar-refractivity contribution in [3.8, 4) is 5.75 Å². The molecule has 8 heteroatoms. The van der Waals surface area contributed by atoms with Gasteiger partial charge in [0.1, 0.15) is 5.75 Å². The molecule has 0 heterocycles. The zero-order chi connectivity index (χ0) is 21.1. The van der Waals surface area contributed by atoms with Gasteiger partial charge in [0.25, 0.3) is 0 Å². The second kappa shape index (κ2) is 12.2. The molecule has 0 aliphatic carbocycles. The molecule has 0 saturated heterocycles. The van der Waals surface area contributed by atoms with Crippen molar-refractivity contribution in [2.24, 2.45) is 5.10 Å². The highest BCUT2D eigenvalue weighted by molar-refractivity contribution is 9.10. The summed E-state index contributed by atoms with van der Waals surface area (Å²) < 4.78 is 6.63. The minimum atomic E-state index is -0.356. The molecule has 2 rings (SSSR count). The first-order valence-electron chi connectivity index (χ1n) is 9.27. The first-order chi connectivity index (χ1) is 14.0. The number of ether oxygens (including phenoxy) is 1.